The van der Waals surface area contributed by atoms with Gasteiger partial charge in [-0.3, -0.25) is 56.2 Å². The van der Waals surface area contributed by atoms with Gasteiger partial charge in [0.25, 0.3) is 29.5 Å². The molecule has 19 aromatic rings. The van der Waals surface area contributed by atoms with E-state index in [2.05, 4.69) is 60.0 Å². The summed E-state index contributed by atoms with van der Waals surface area (Å²) in [5, 5.41) is 16.5. The van der Waals surface area contributed by atoms with E-state index in [1.165, 1.54) is 0 Å². The van der Waals surface area contributed by atoms with Crippen molar-refractivity contribution in [1.29, 1.82) is 0 Å². The maximum absolute atomic E-state index is 12.6. The standard InChI is InChI=1S/C20H14ClN3O.2C18H16ClN3O2.C18H14ClN3O2.C18H16ClN3O.C17H16ClN3/c21-15-5-4-8-17(12-15)24-13-22-18-11-14(9-10-19(18)24)20(25)23-16-6-2-1-3-7-16;19-14-2-1-3-15(11-14)22-12-20-16-10-13(4-5-17(16)22)18(23)21-6-8-24-9-7-21;2*19-13-2-1-3-14(9-13)22-11-20-16-8-12(4-5-17(16)22)18(24)21-7-6-15(23)10-21;1-21(14-6-7-14)18(23)12-5-8-17-16(9-12)20-11-22(17)15-4-2-3-13(19)10-15;1-12(20(2)3)13-7-8-17-16(9-13)19-11-21(17)15-6-4-5-14(18)10-15/h1-13H,(H,23,25);1-5,10-12H,6-9H2;1-5,8-9,11,15,23H,6-7,10H2;1-5,8-9,11H,6-7,10H2;2-5,8-11,14H,6-7H2,1H3;4-11H,1H2,2-3H3. The predicted octanol–water partition coefficient (Wildman–Crippen LogP) is 22.2. The van der Waals surface area contributed by atoms with Gasteiger partial charge in [0.1, 0.15) is 38.0 Å². The number of amides is 5. The summed E-state index contributed by atoms with van der Waals surface area (Å²) >= 11 is 36.4. The number of hydrogen-bond donors (Lipinski definition) is 2. The number of nitrogens with zero attached hydrogens (tertiary/aromatic N) is 17. The Morgan fingerprint density at radius 1 is 0.362 bits per heavy atom. The highest BCUT2D eigenvalue weighted by Gasteiger charge is 2.32. The summed E-state index contributed by atoms with van der Waals surface area (Å²) in [7, 11) is 5.84. The zero-order valence-corrected chi connectivity index (χ0v) is 81.2. The number of morpholine rings is 1. The minimum Gasteiger partial charge on any atom is -0.391 e. The molecule has 708 valence electrons. The van der Waals surface area contributed by atoms with Crippen LogP contribution in [0.3, 0.4) is 0 Å². The third-order valence-corrected chi connectivity index (χ3v) is 25.8. The molecule has 1 unspecified atom stereocenters. The number of aromatic nitrogens is 12. The van der Waals surface area contributed by atoms with Crippen LogP contribution in [0, 0.1) is 0 Å². The molecule has 32 heteroatoms. The van der Waals surface area contributed by atoms with E-state index < -0.39 is 6.10 Å². The lowest BCUT2D eigenvalue weighted by atomic mass is 10.1. The van der Waals surface area contributed by atoms with Crippen molar-refractivity contribution in [3.63, 3.8) is 0 Å². The second kappa shape index (κ2) is 43.1. The molecule has 1 atom stereocenters. The van der Waals surface area contributed by atoms with Gasteiger partial charge >= 0.3 is 0 Å². The van der Waals surface area contributed by atoms with Crippen molar-refractivity contribution in [2.24, 2.45) is 0 Å². The van der Waals surface area contributed by atoms with Crippen LogP contribution in [-0.2, 0) is 9.53 Å². The van der Waals surface area contributed by atoms with Crippen LogP contribution in [0.2, 0.25) is 30.1 Å². The van der Waals surface area contributed by atoms with Gasteiger partial charge in [0.2, 0.25) is 0 Å². The molecule has 141 heavy (non-hydrogen) atoms. The largest absolute Gasteiger partial charge is 0.391 e. The van der Waals surface area contributed by atoms with E-state index in [1.54, 1.807) is 77.8 Å². The van der Waals surface area contributed by atoms with Crippen molar-refractivity contribution in [2.45, 2.75) is 37.8 Å². The SMILES string of the molecule is C=C(c1ccc2c(c1)ncn2-c1cccc(Cl)c1)N(C)C.CN(C(=O)c1ccc2c(c1)ncn2-c1cccc(Cl)c1)C1CC1.O=C(Nc1ccccc1)c1ccc2c(c1)ncn2-c1cccc(Cl)c1.O=C(c1ccc2c(c1)ncn2-c1cccc(Cl)c1)N1CCC(O)C1.O=C(c1ccc2c(c1)ncn2-c1cccc(Cl)c1)N1CCOCC1.O=C1CCN(C(=O)c2ccc3c(c2)ncn3-c2cccc(Cl)c2)C1. The Bertz CT molecular complexity index is 7800. The van der Waals surface area contributed by atoms with Crippen LogP contribution < -0.4 is 5.32 Å². The molecule has 23 rings (SSSR count). The zero-order valence-electron chi connectivity index (χ0n) is 76.6. The number of ether oxygens (including phenoxy) is 1. The van der Waals surface area contributed by atoms with Gasteiger partial charge in [0, 0.05) is 170 Å². The smallest absolute Gasteiger partial charge is 0.255 e. The van der Waals surface area contributed by atoms with Gasteiger partial charge in [-0.2, -0.15) is 0 Å². The number of hydrogen-bond acceptors (Lipinski definition) is 15. The molecular formula is C109H92Cl6N18O8. The van der Waals surface area contributed by atoms with Gasteiger partial charge in [0.15, 0.2) is 5.78 Å². The van der Waals surface area contributed by atoms with Crippen molar-refractivity contribution in [3.05, 3.63) is 393 Å². The van der Waals surface area contributed by atoms with Crippen molar-refractivity contribution >= 4 is 183 Å². The van der Waals surface area contributed by atoms with Gasteiger partial charge in [0.05, 0.1) is 92.1 Å². The number of aliphatic hydroxyl groups is 1. The Hall–Kier alpha value is -15.1. The number of benzene rings is 13. The molecule has 13 aromatic carbocycles. The second-order valence-electron chi connectivity index (χ2n) is 34.2. The summed E-state index contributed by atoms with van der Waals surface area (Å²) in [5.41, 5.74) is 21.9. The maximum atomic E-state index is 12.6. The van der Waals surface area contributed by atoms with Crippen LogP contribution in [0.1, 0.15) is 83.0 Å². The lowest BCUT2D eigenvalue weighted by Crippen LogP contribution is -2.40. The van der Waals surface area contributed by atoms with Gasteiger partial charge in [-0.1, -0.05) is 137 Å². The number of halogens is 6. The number of rotatable bonds is 15. The summed E-state index contributed by atoms with van der Waals surface area (Å²) < 4.78 is 17.1. The first-order valence-electron chi connectivity index (χ1n) is 45.4. The minimum absolute atomic E-state index is 0.0255. The molecule has 4 fully saturated rings. The number of β-amino-alcohol motifs (C(OH)–C–C–N with tert-alkyl or cyclic N) is 1. The van der Waals surface area contributed by atoms with Crippen LogP contribution in [0.4, 0.5) is 5.69 Å². The summed E-state index contributed by atoms with van der Waals surface area (Å²) in [5.74, 6) is -0.157. The van der Waals surface area contributed by atoms with Crippen LogP contribution in [-0.4, -0.2) is 208 Å². The number of carbonyl (C=O) groups excluding carboxylic acids is 6. The second-order valence-corrected chi connectivity index (χ2v) is 36.8. The molecular weight excluding hydrogens is 1900 g/mol. The fourth-order valence-electron chi connectivity index (χ4n) is 16.8. The number of likely N-dealkylation sites (tertiary alicyclic amines) is 2. The van der Waals surface area contributed by atoms with Gasteiger partial charge in [-0.05, 0) is 249 Å². The first kappa shape index (κ1) is 96.2. The van der Waals surface area contributed by atoms with E-state index in [0.717, 1.165) is 130 Å². The maximum Gasteiger partial charge on any atom is 0.255 e. The number of para-hydroxylation sites is 1. The molecule has 4 aliphatic rings. The van der Waals surface area contributed by atoms with E-state index >= 15 is 0 Å². The fraction of sp³-hybridized carbons (Fsp3) is 0.156. The molecule has 2 N–H and O–H groups in total. The highest BCUT2D eigenvalue weighted by atomic mass is 35.5. The number of aliphatic hydroxyl groups excluding tert-OH is 1. The average molecular weight is 1990 g/mol. The third kappa shape index (κ3) is 22.4. The van der Waals surface area contributed by atoms with Crippen LogP contribution in [0.15, 0.2) is 330 Å². The first-order chi connectivity index (χ1) is 68.3. The van der Waals surface area contributed by atoms with Gasteiger partial charge in [-0.25, -0.2) is 29.9 Å². The molecule has 1 aliphatic carbocycles. The predicted molar refractivity (Wildman–Crippen MR) is 557 cm³/mol. The van der Waals surface area contributed by atoms with Crippen LogP contribution in [0.25, 0.3) is 106 Å². The van der Waals surface area contributed by atoms with Crippen LogP contribution in [0.5, 0.6) is 0 Å². The van der Waals surface area contributed by atoms with E-state index in [1.807, 2.05) is 300 Å². The fourth-order valence-corrected chi connectivity index (χ4v) is 17.9. The molecule has 0 radical (unpaired) electrons. The Kier molecular flexibility index (Phi) is 29.4. The number of nitrogens with one attached hydrogen (secondary N) is 1. The molecule has 1 saturated carbocycles. The van der Waals surface area contributed by atoms with Crippen molar-refractivity contribution in [2.75, 3.05) is 78.9 Å². The number of ketones is 1. The van der Waals surface area contributed by atoms with Gasteiger partial charge < -0.3 is 39.7 Å². The summed E-state index contributed by atoms with van der Waals surface area (Å²) in [6.45, 7) is 8.22. The topological polar surface area (TPSA) is 267 Å². The first-order valence-corrected chi connectivity index (χ1v) is 47.7. The Labute approximate surface area is 841 Å². The van der Waals surface area contributed by atoms with E-state index in [-0.39, 0.29) is 41.9 Å². The number of imidazole rings is 6. The normalized spacial score (nSPS) is 13.8. The summed E-state index contributed by atoms with van der Waals surface area (Å²) in [6, 6.07) is 89.2. The quantitative estimate of drug-likeness (QED) is 0.0966. The highest BCUT2D eigenvalue weighted by molar-refractivity contribution is 6.32. The zero-order chi connectivity index (χ0) is 98.1. The summed E-state index contributed by atoms with van der Waals surface area (Å²) in [4.78, 5) is 109. The van der Waals surface area contributed by atoms with E-state index in [9.17, 15) is 33.9 Å². The molecule has 5 amide bonds. The molecule has 0 spiro atoms. The molecule has 3 saturated heterocycles. The number of carbonyl (C=O) groups is 6. The number of Topliss-reactive ketones (excluding diaryl/α,β-unsaturated/α-hetero) is 1. The summed E-state index contributed by atoms with van der Waals surface area (Å²) in [6.07, 6.45) is 13.4. The monoisotopic (exact) mass is 1990 g/mol. The highest BCUT2D eigenvalue weighted by Crippen LogP contribution is 2.34. The Morgan fingerprint density at radius 3 is 1.01 bits per heavy atom. The molecule has 6 aromatic heterocycles. The Morgan fingerprint density at radius 2 is 0.681 bits per heavy atom. The average Bonchev–Trinajstić information content (AvgIpc) is 1.68. The molecule has 3 aliphatic heterocycles. The van der Waals surface area contributed by atoms with Crippen molar-refractivity contribution < 1.29 is 38.6 Å². The molecule has 0 bridgehead atoms. The number of anilines is 1. The van der Waals surface area contributed by atoms with E-state index in [4.69, 9.17) is 74.3 Å². The van der Waals surface area contributed by atoms with E-state index in [0.29, 0.717) is 123 Å². The molecule has 9 heterocycles. The lowest BCUT2D eigenvalue weighted by molar-refractivity contribution is -0.116. The minimum atomic E-state index is -0.417. The third-order valence-electron chi connectivity index (χ3n) is 24.4. The van der Waals surface area contributed by atoms with Crippen LogP contribution >= 0.6 is 69.6 Å². The number of fused-ring (bicyclic) bond motifs is 6. The van der Waals surface area contributed by atoms with Crippen molar-refractivity contribution in [1.82, 2.24) is 81.8 Å². The lowest BCUT2D eigenvalue weighted by Gasteiger charge is -2.26. The molecule has 26 nitrogen and oxygen atoms in total. The Balaban J connectivity index is 0.000000112. The van der Waals surface area contributed by atoms with Crippen molar-refractivity contribution in [3.8, 4) is 34.1 Å². The van der Waals surface area contributed by atoms with Gasteiger partial charge in [-0.15, -0.1) is 0 Å².